The van der Waals surface area contributed by atoms with Gasteiger partial charge in [-0.05, 0) is 30.3 Å². The maximum Gasteiger partial charge on any atom is 0.255 e. The van der Waals surface area contributed by atoms with Gasteiger partial charge in [-0.25, -0.2) is 0 Å². The molecule has 0 spiro atoms. The van der Waals surface area contributed by atoms with Crippen LogP contribution in [0.2, 0.25) is 0 Å². The minimum Gasteiger partial charge on any atom is -0.490 e. The zero-order valence-corrected chi connectivity index (χ0v) is 11.9. The smallest absolute Gasteiger partial charge is 0.255 e. The average Bonchev–Trinajstić information content (AvgIpc) is 2.53. The van der Waals surface area contributed by atoms with Gasteiger partial charge < -0.3 is 15.8 Å². The standard InChI is InChI=1S/C17H16N2O3/c1-2-10-22-13-7-5-6-12(11-13)17(21)19-15-9-4-3-8-14(15)16(18)20/h2-9,11H,1,10H2,(H2,18,20)(H,19,21). The Balaban J connectivity index is 2.19. The number of amides is 2. The summed E-state index contributed by atoms with van der Waals surface area (Å²) < 4.78 is 5.39. The second-order valence-electron chi connectivity index (χ2n) is 4.49. The lowest BCUT2D eigenvalue weighted by molar-refractivity contribution is 0.100. The summed E-state index contributed by atoms with van der Waals surface area (Å²) in [4.78, 5) is 23.6. The quantitative estimate of drug-likeness (QED) is 0.804. The van der Waals surface area contributed by atoms with Gasteiger partial charge in [0.25, 0.3) is 11.8 Å². The number of carbonyl (C=O) groups excluding carboxylic acids is 2. The first-order valence-electron chi connectivity index (χ1n) is 6.65. The zero-order chi connectivity index (χ0) is 15.9. The summed E-state index contributed by atoms with van der Waals surface area (Å²) in [6.07, 6.45) is 1.62. The summed E-state index contributed by atoms with van der Waals surface area (Å²) in [5.74, 6) is -0.382. The Bertz CT molecular complexity index is 711. The third-order valence-electron chi connectivity index (χ3n) is 2.90. The Labute approximate surface area is 128 Å². The van der Waals surface area contributed by atoms with Crippen molar-refractivity contribution < 1.29 is 14.3 Å². The van der Waals surface area contributed by atoms with Crippen LogP contribution in [0.15, 0.2) is 61.2 Å². The van der Waals surface area contributed by atoms with Crippen LogP contribution in [0.5, 0.6) is 5.75 Å². The SMILES string of the molecule is C=CCOc1cccc(C(=O)Nc2ccccc2C(N)=O)c1. The van der Waals surface area contributed by atoms with Crippen molar-refractivity contribution in [3.05, 3.63) is 72.3 Å². The summed E-state index contributed by atoms with van der Waals surface area (Å²) in [7, 11) is 0. The maximum atomic E-state index is 12.3. The number of benzene rings is 2. The molecule has 0 fully saturated rings. The molecule has 0 atom stereocenters. The fraction of sp³-hybridized carbons (Fsp3) is 0.0588. The number of nitrogens with one attached hydrogen (secondary N) is 1. The number of nitrogens with two attached hydrogens (primary N) is 1. The van der Waals surface area contributed by atoms with E-state index in [4.69, 9.17) is 10.5 Å². The molecule has 0 aliphatic heterocycles. The molecule has 5 nitrogen and oxygen atoms in total. The topological polar surface area (TPSA) is 81.4 Å². The lowest BCUT2D eigenvalue weighted by Gasteiger charge is -2.10. The van der Waals surface area contributed by atoms with E-state index in [1.54, 1.807) is 54.6 Å². The lowest BCUT2D eigenvalue weighted by Crippen LogP contribution is -2.18. The molecule has 0 aromatic heterocycles. The molecule has 22 heavy (non-hydrogen) atoms. The van der Waals surface area contributed by atoms with Crippen molar-refractivity contribution in [2.75, 3.05) is 11.9 Å². The van der Waals surface area contributed by atoms with Crippen molar-refractivity contribution in [2.24, 2.45) is 5.73 Å². The van der Waals surface area contributed by atoms with E-state index < -0.39 is 5.91 Å². The summed E-state index contributed by atoms with van der Waals surface area (Å²) in [6, 6.07) is 13.3. The predicted molar refractivity (Wildman–Crippen MR) is 85.0 cm³/mol. The molecular weight excluding hydrogens is 280 g/mol. The van der Waals surface area contributed by atoms with Crippen LogP contribution in [0.4, 0.5) is 5.69 Å². The Kier molecular flexibility index (Phi) is 4.93. The summed E-state index contributed by atoms with van der Waals surface area (Å²) in [5, 5.41) is 2.68. The van der Waals surface area contributed by atoms with Crippen LogP contribution in [0.25, 0.3) is 0 Å². The molecule has 3 N–H and O–H groups in total. The predicted octanol–water partition coefficient (Wildman–Crippen LogP) is 2.60. The van der Waals surface area contributed by atoms with E-state index in [2.05, 4.69) is 11.9 Å². The number of para-hydroxylation sites is 1. The molecule has 2 amide bonds. The molecule has 0 aliphatic rings. The highest BCUT2D eigenvalue weighted by molar-refractivity contribution is 6.08. The van der Waals surface area contributed by atoms with Crippen molar-refractivity contribution in [3.63, 3.8) is 0 Å². The van der Waals surface area contributed by atoms with E-state index >= 15 is 0 Å². The second kappa shape index (κ2) is 7.08. The number of anilines is 1. The monoisotopic (exact) mass is 296 g/mol. The number of primary amides is 1. The number of hydrogen-bond acceptors (Lipinski definition) is 3. The van der Waals surface area contributed by atoms with Gasteiger partial charge in [0, 0.05) is 5.56 Å². The van der Waals surface area contributed by atoms with Crippen LogP contribution in [-0.4, -0.2) is 18.4 Å². The van der Waals surface area contributed by atoms with Gasteiger partial charge >= 0.3 is 0 Å². The van der Waals surface area contributed by atoms with Gasteiger partial charge in [0.1, 0.15) is 12.4 Å². The van der Waals surface area contributed by atoms with Crippen molar-refractivity contribution in [3.8, 4) is 5.75 Å². The zero-order valence-electron chi connectivity index (χ0n) is 11.9. The fourth-order valence-corrected chi connectivity index (χ4v) is 1.88. The molecule has 2 rings (SSSR count). The van der Waals surface area contributed by atoms with Gasteiger partial charge in [-0.15, -0.1) is 0 Å². The van der Waals surface area contributed by atoms with Crippen LogP contribution in [0.1, 0.15) is 20.7 Å². The Morgan fingerprint density at radius 2 is 1.95 bits per heavy atom. The van der Waals surface area contributed by atoms with Crippen LogP contribution in [0.3, 0.4) is 0 Å². The van der Waals surface area contributed by atoms with Crippen molar-refractivity contribution in [2.45, 2.75) is 0 Å². The molecular formula is C17H16N2O3. The summed E-state index contributed by atoms with van der Waals surface area (Å²) in [6.45, 7) is 3.92. The number of ether oxygens (including phenoxy) is 1. The van der Waals surface area contributed by atoms with Crippen molar-refractivity contribution in [1.29, 1.82) is 0 Å². The molecule has 112 valence electrons. The van der Waals surface area contributed by atoms with E-state index in [0.717, 1.165) is 0 Å². The van der Waals surface area contributed by atoms with Gasteiger partial charge in [0.15, 0.2) is 0 Å². The molecule has 2 aromatic rings. The highest BCUT2D eigenvalue weighted by Gasteiger charge is 2.12. The molecule has 0 bridgehead atoms. The first-order valence-corrected chi connectivity index (χ1v) is 6.65. The molecule has 0 aliphatic carbocycles. The highest BCUT2D eigenvalue weighted by Crippen LogP contribution is 2.18. The molecule has 0 saturated heterocycles. The fourth-order valence-electron chi connectivity index (χ4n) is 1.88. The number of carbonyl (C=O) groups is 2. The van der Waals surface area contributed by atoms with Gasteiger partial charge in [0.05, 0.1) is 11.3 Å². The van der Waals surface area contributed by atoms with Gasteiger partial charge in [-0.1, -0.05) is 30.9 Å². The average molecular weight is 296 g/mol. The molecule has 2 aromatic carbocycles. The molecule has 0 heterocycles. The third-order valence-corrected chi connectivity index (χ3v) is 2.90. The van der Waals surface area contributed by atoms with E-state index in [-0.39, 0.29) is 11.5 Å². The third kappa shape index (κ3) is 3.73. The van der Waals surface area contributed by atoms with Crippen LogP contribution in [0, 0.1) is 0 Å². The molecule has 0 unspecified atom stereocenters. The number of hydrogen-bond donors (Lipinski definition) is 2. The van der Waals surface area contributed by atoms with E-state index in [9.17, 15) is 9.59 Å². The first-order chi connectivity index (χ1) is 10.6. The maximum absolute atomic E-state index is 12.3. The van der Waals surface area contributed by atoms with E-state index in [0.29, 0.717) is 23.6 Å². The summed E-state index contributed by atoms with van der Waals surface area (Å²) >= 11 is 0. The van der Waals surface area contributed by atoms with Crippen LogP contribution >= 0.6 is 0 Å². The largest absolute Gasteiger partial charge is 0.490 e. The second-order valence-corrected chi connectivity index (χ2v) is 4.49. The lowest BCUT2D eigenvalue weighted by atomic mass is 10.1. The first kappa shape index (κ1) is 15.3. The van der Waals surface area contributed by atoms with Gasteiger partial charge in [-0.2, -0.15) is 0 Å². The van der Waals surface area contributed by atoms with Crippen molar-refractivity contribution in [1.82, 2.24) is 0 Å². The van der Waals surface area contributed by atoms with E-state index in [1.807, 2.05) is 0 Å². The minimum atomic E-state index is -0.598. The highest BCUT2D eigenvalue weighted by atomic mass is 16.5. The van der Waals surface area contributed by atoms with Crippen LogP contribution < -0.4 is 15.8 Å². The van der Waals surface area contributed by atoms with Crippen molar-refractivity contribution >= 4 is 17.5 Å². The minimum absolute atomic E-state index is 0.259. The van der Waals surface area contributed by atoms with Crippen LogP contribution in [-0.2, 0) is 0 Å². The number of rotatable bonds is 6. The van der Waals surface area contributed by atoms with E-state index in [1.165, 1.54) is 0 Å². The normalized spacial score (nSPS) is 9.82. The van der Waals surface area contributed by atoms with Gasteiger partial charge in [-0.3, -0.25) is 9.59 Å². The Morgan fingerprint density at radius 3 is 2.68 bits per heavy atom. The molecule has 5 heteroatoms. The Morgan fingerprint density at radius 1 is 1.18 bits per heavy atom. The summed E-state index contributed by atoms with van der Waals surface area (Å²) in [5.41, 5.74) is 6.34. The molecule has 0 saturated carbocycles. The molecule has 0 radical (unpaired) electrons. The van der Waals surface area contributed by atoms with Gasteiger partial charge in [0.2, 0.25) is 0 Å². The Hall–Kier alpha value is -3.08.